The predicted octanol–water partition coefficient (Wildman–Crippen LogP) is 1.67. The zero-order valence-corrected chi connectivity index (χ0v) is 11.5. The van der Waals surface area contributed by atoms with Crippen molar-refractivity contribution < 1.29 is 13.2 Å². The van der Waals surface area contributed by atoms with Gasteiger partial charge >= 0.3 is 6.18 Å². The lowest BCUT2D eigenvalue weighted by molar-refractivity contribution is -0.137. The Morgan fingerprint density at radius 3 is 2.76 bits per heavy atom. The molecule has 0 bridgehead atoms. The molecule has 2 saturated heterocycles. The van der Waals surface area contributed by atoms with Gasteiger partial charge in [-0.25, -0.2) is 10.8 Å². The molecule has 2 fully saturated rings. The molecule has 2 aliphatic rings. The Labute approximate surface area is 120 Å². The van der Waals surface area contributed by atoms with Crippen molar-refractivity contribution in [1.29, 1.82) is 0 Å². The summed E-state index contributed by atoms with van der Waals surface area (Å²) in [6.07, 6.45) is -2.15. The first-order valence-corrected chi connectivity index (χ1v) is 7.02. The smallest absolute Gasteiger partial charge is 0.354 e. The maximum atomic E-state index is 12.9. The van der Waals surface area contributed by atoms with Gasteiger partial charge in [0, 0.05) is 25.7 Å². The van der Waals surface area contributed by atoms with Crippen LogP contribution in [0.5, 0.6) is 0 Å². The zero-order chi connectivity index (χ0) is 15.0. The lowest BCUT2D eigenvalue weighted by Gasteiger charge is -2.38. The molecule has 5 nitrogen and oxygen atoms in total. The highest BCUT2D eigenvalue weighted by Gasteiger charge is 2.34. The van der Waals surface area contributed by atoms with Crippen LogP contribution in [0.4, 0.5) is 24.8 Å². The van der Waals surface area contributed by atoms with Crippen LogP contribution >= 0.6 is 0 Å². The zero-order valence-electron chi connectivity index (χ0n) is 11.5. The number of aromatic nitrogens is 1. The summed E-state index contributed by atoms with van der Waals surface area (Å²) in [4.78, 5) is 8.49. The summed E-state index contributed by atoms with van der Waals surface area (Å²) >= 11 is 0. The molecule has 1 aromatic heterocycles. The van der Waals surface area contributed by atoms with E-state index < -0.39 is 11.7 Å². The van der Waals surface area contributed by atoms with E-state index in [2.05, 4.69) is 15.3 Å². The predicted molar refractivity (Wildman–Crippen MR) is 73.9 cm³/mol. The molecule has 3 rings (SSSR count). The Kier molecular flexibility index (Phi) is 3.66. The number of fused-ring (bicyclic) bond motifs is 1. The van der Waals surface area contributed by atoms with Crippen LogP contribution in [0.15, 0.2) is 12.1 Å². The molecule has 21 heavy (non-hydrogen) atoms. The molecule has 3 N–H and O–H groups in total. The van der Waals surface area contributed by atoms with Gasteiger partial charge in [0.05, 0.1) is 5.56 Å². The maximum absolute atomic E-state index is 12.9. The van der Waals surface area contributed by atoms with Gasteiger partial charge in [0.25, 0.3) is 0 Å². The monoisotopic (exact) mass is 301 g/mol. The van der Waals surface area contributed by atoms with Crippen molar-refractivity contribution in [2.45, 2.75) is 25.1 Å². The van der Waals surface area contributed by atoms with Crippen LogP contribution in [0.1, 0.15) is 18.4 Å². The number of nitrogens with two attached hydrogens (primary N) is 1. The fourth-order valence-electron chi connectivity index (χ4n) is 3.11. The van der Waals surface area contributed by atoms with E-state index in [1.54, 1.807) is 0 Å². The highest BCUT2D eigenvalue weighted by molar-refractivity contribution is 5.51. The number of pyridine rings is 1. The minimum Gasteiger partial charge on any atom is -0.354 e. The van der Waals surface area contributed by atoms with Crippen LogP contribution in [-0.2, 0) is 6.18 Å². The standard InChI is InChI=1S/C13H18F3N5/c14-13(15,16)9-6-11(19-17)18-12(7-9)21-5-4-20-3-1-2-10(20)8-21/h6-7,10H,1-5,8,17H2,(H,18,19). The number of piperazine rings is 1. The SMILES string of the molecule is NNc1cc(C(F)(F)F)cc(N2CCN3CCCC3C2)n1. The third kappa shape index (κ3) is 2.91. The van der Waals surface area contributed by atoms with E-state index in [9.17, 15) is 13.2 Å². The normalized spacial score (nSPS) is 23.2. The largest absolute Gasteiger partial charge is 0.416 e. The molecule has 0 amide bonds. The summed E-state index contributed by atoms with van der Waals surface area (Å²) in [5.74, 6) is 5.61. The summed E-state index contributed by atoms with van der Waals surface area (Å²) in [6, 6.07) is 2.45. The number of halogens is 3. The average molecular weight is 301 g/mol. The summed E-state index contributed by atoms with van der Waals surface area (Å²) in [6.45, 7) is 3.37. The van der Waals surface area contributed by atoms with Crippen LogP contribution < -0.4 is 16.2 Å². The molecule has 2 aliphatic heterocycles. The topological polar surface area (TPSA) is 57.4 Å². The van der Waals surface area contributed by atoms with Crippen LogP contribution in [0.2, 0.25) is 0 Å². The molecular formula is C13H18F3N5. The van der Waals surface area contributed by atoms with E-state index in [1.807, 2.05) is 4.90 Å². The van der Waals surface area contributed by atoms with Gasteiger partial charge in [0.2, 0.25) is 0 Å². The molecule has 1 aromatic rings. The highest BCUT2D eigenvalue weighted by atomic mass is 19.4. The number of hydrogen-bond acceptors (Lipinski definition) is 5. The van der Waals surface area contributed by atoms with Crippen LogP contribution in [0, 0.1) is 0 Å². The second-order valence-corrected chi connectivity index (χ2v) is 5.52. The van der Waals surface area contributed by atoms with Gasteiger partial charge in [0.15, 0.2) is 0 Å². The first kappa shape index (κ1) is 14.4. The number of anilines is 2. The van der Waals surface area contributed by atoms with Crippen molar-refractivity contribution in [3.63, 3.8) is 0 Å². The van der Waals surface area contributed by atoms with Crippen LogP contribution in [0.25, 0.3) is 0 Å². The summed E-state index contributed by atoms with van der Waals surface area (Å²) < 4.78 is 38.8. The van der Waals surface area contributed by atoms with Gasteiger partial charge in [-0.05, 0) is 31.5 Å². The van der Waals surface area contributed by atoms with Crippen molar-refractivity contribution in [3.8, 4) is 0 Å². The van der Waals surface area contributed by atoms with E-state index in [0.29, 0.717) is 18.4 Å². The van der Waals surface area contributed by atoms with Gasteiger partial charge < -0.3 is 10.3 Å². The Hall–Kier alpha value is -1.54. The van der Waals surface area contributed by atoms with Crippen molar-refractivity contribution >= 4 is 11.6 Å². The molecule has 1 atom stereocenters. The van der Waals surface area contributed by atoms with Gasteiger partial charge in [-0.15, -0.1) is 0 Å². The third-order valence-electron chi connectivity index (χ3n) is 4.20. The first-order chi connectivity index (χ1) is 9.97. The van der Waals surface area contributed by atoms with Gasteiger partial charge in [0.1, 0.15) is 11.6 Å². The lowest BCUT2D eigenvalue weighted by atomic mass is 10.1. The first-order valence-electron chi connectivity index (χ1n) is 7.02. The van der Waals surface area contributed by atoms with Crippen LogP contribution in [-0.4, -0.2) is 42.1 Å². The number of nitrogens with zero attached hydrogens (tertiary/aromatic N) is 3. The van der Waals surface area contributed by atoms with Crippen molar-refractivity contribution in [1.82, 2.24) is 9.88 Å². The second-order valence-electron chi connectivity index (χ2n) is 5.52. The summed E-state index contributed by atoms with van der Waals surface area (Å²) in [5.41, 5.74) is 1.49. The van der Waals surface area contributed by atoms with Crippen molar-refractivity contribution in [2.24, 2.45) is 5.84 Å². The van der Waals surface area contributed by atoms with Crippen LogP contribution in [0.3, 0.4) is 0 Å². The number of nitrogens with one attached hydrogen (secondary N) is 1. The number of alkyl halides is 3. The fourth-order valence-corrected chi connectivity index (χ4v) is 3.11. The van der Waals surface area contributed by atoms with Gasteiger partial charge in [-0.2, -0.15) is 13.2 Å². The molecule has 0 aromatic carbocycles. The summed E-state index contributed by atoms with van der Waals surface area (Å²) in [5, 5.41) is 0. The molecule has 3 heterocycles. The number of rotatable bonds is 2. The summed E-state index contributed by atoms with van der Waals surface area (Å²) in [7, 11) is 0. The van der Waals surface area contributed by atoms with Gasteiger partial charge in [-0.3, -0.25) is 4.90 Å². The minimum absolute atomic E-state index is 0.0358. The molecular weight excluding hydrogens is 283 g/mol. The molecule has 0 saturated carbocycles. The highest BCUT2D eigenvalue weighted by Crippen LogP contribution is 2.33. The number of hydrogen-bond donors (Lipinski definition) is 2. The quantitative estimate of drug-likeness (QED) is 0.643. The number of nitrogen functional groups attached to an aromatic ring is 1. The fraction of sp³-hybridized carbons (Fsp3) is 0.615. The van der Waals surface area contributed by atoms with Crippen molar-refractivity contribution in [2.75, 3.05) is 36.5 Å². The molecule has 1 unspecified atom stereocenters. The average Bonchev–Trinajstić information content (AvgIpc) is 2.93. The molecule has 0 spiro atoms. The molecule has 8 heteroatoms. The molecule has 0 radical (unpaired) electrons. The van der Waals surface area contributed by atoms with E-state index in [4.69, 9.17) is 5.84 Å². The number of hydrazine groups is 1. The van der Waals surface area contributed by atoms with E-state index in [-0.39, 0.29) is 5.82 Å². The van der Waals surface area contributed by atoms with Gasteiger partial charge in [-0.1, -0.05) is 0 Å². The maximum Gasteiger partial charge on any atom is 0.416 e. The molecule has 0 aliphatic carbocycles. The Morgan fingerprint density at radius 2 is 2.05 bits per heavy atom. The Balaban J connectivity index is 1.87. The van der Waals surface area contributed by atoms with E-state index in [1.165, 1.54) is 0 Å². The second kappa shape index (κ2) is 5.34. The lowest BCUT2D eigenvalue weighted by Crippen LogP contribution is -2.50. The minimum atomic E-state index is -4.40. The van der Waals surface area contributed by atoms with Crippen molar-refractivity contribution in [3.05, 3.63) is 17.7 Å². The molecule has 116 valence electrons. The Morgan fingerprint density at radius 1 is 1.24 bits per heavy atom. The van der Waals surface area contributed by atoms with E-state index >= 15 is 0 Å². The van der Waals surface area contributed by atoms with E-state index in [0.717, 1.165) is 44.6 Å². The third-order valence-corrected chi connectivity index (χ3v) is 4.20. The Bertz CT molecular complexity index is 519.